The molecule has 47 heavy (non-hydrogen) atoms. The number of primary amides is 1. The molecule has 3 fully saturated rings. The van der Waals surface area contributed by atoms with Crippen molar-refractivity contribution in [3.8, 4) is 5.75 Å². The molecular weight excluding hydrogens is 598 g/mol. The van der Waals surface area contributed by atoms with Gasteiger partial charge in [-0.05, 0) is 106 Å². The number of carbonyl (C=O) groups excluding carboxylic acids is 5. The monoisotopic (exact) mass is 643 g/mol. The average Bonchev–Trinajstić information content (AvgIpc) is 3.01. The maximum atomic E-state index is 14.3. The third-order valence-corrected chi connectivity index (χ3v) is 11.4. The van der Waals surface area contributed by atoms with E-state index in [1.54, 1.807) is 14.1 Å². The minimum Gasteiger partial charge on any atom is -0.507 e. The first-order valence-corrected chi connectivity index (χ1v) is 16.7. The molecule has 4 aliphatic carbocycles. The van der Waals surface area contributed by atoms with E-state index in [1.165, 1.54) is 10.5 Å². The van der Waals surface area contributed by atoms with Crippen LogP contribution >= 0.6 is 0 Å². The number of likely N-dealkylation sites (N-methyl/N-ethyl adjacent to an activating group) is 1. The third kappa shape index (κ3) is 5.39. The number of benzene rings is 2. The molecule has 0 aliphatic heterocycles. The molecule has 4 N–H and O–H groups in total. The van der Waals surface area contributed by atoms with E-state index in [0.29, 0.717) is 29.4 Å². The summed E-state index contributed by atoms with van der Waals surface area (Å²) in [4.78, 5) is 71.1. The second-order valence-corrected chi connectivity index (χ2v) is 14.7. The number of aromatic hydroxyl groups is 1. The Morgan fingerprint density at radius 1 is 0.936 bits per heavy atom. The lowest BCUT2D eigenvalue weighted by atomic mass is 9.52. The van der Waals surface area contributed by atoms with E-state index in [2.05, 4.69) is 24.3 Å². The lowest BCUT2D eigenvalue weighted by molar-refractivity contribution is -0.181. The average molecular weight is 644 g/mol. The topological polar surface area (TPSA) is 158 Å². The molecule has 0 bridgehead atoms. The molecular formula is C37H45N3O7. The van der Waals surface area contributed by atoms with Crippen LogP contribution in [0.1, 0.15) is 59.2 Å². The van der Waals surface area contributed by atoms with Crippen LogP contribution in [0.5, 0.6) is 5.75 Å². The summed E-state index contributed by atoms with van der Waals surface area (Å²) in [7, 11) is 6.90. The van der Waals surface area contributed by atoms with Crippen molar-refractivity contribution in [2.45, 2.75) is 63.0 Å². The van der Waals surface area contributed by atoms with Crippen molar-refractivity contribution in [3.05, 3.63) is 58.7 Å². The number of rotatable bonds is 7. The molecule has 0 radical (unpaired) electrons. The second kappa shape index (κ2) is 12.3. The molecule has 0 spiro atoms. The summed E-state index contributed by atoms with van der Waals surface area (Å²) >= 11 is 0. The second-order valence-electron chi connectivity index (χ2n) is 14.7. The van der Waals surface area contributed by atoms with Crippen LogP contribution in [0.15, 0.2) is 36.4 Å². The van der Waals surface area contributed by atoms with Gasteiger partial charge >= 0.3 is 0 Å². The number of phenolic OH excluding ortho intramolecular Hbond substituents is 1. The van der Waals surface area contributed by atoms with Gasteiger partial charge in [-0.25, -0.2) is 0 Å². The van der Waals surface area contributed by atoms with Crippen molar-refractivity contribution in [3.63, 3.8) is 0 Å². The summed E-state index contributed by atoms with van der Waals surface area (Å²) in [6, 6.07) is 11.3. The molecule has 10 nitrogen and oxygen atoms in total. The summed E-state index contributed by atoms with van der Waals surface area (Å²) < 4.78 is 0. The van der Waals surface area contributed by atoms with Gasteiger partial charge < -0.3 is 20.8 Å². The van der Waals surface area contributed by atoms with Gasteiger partial charge in [0.1, 0.15) is 5.75 Å². The number of nitrogens with two attached hydrogens (primary N) is 1. The summed E-state index contributed by atoms with van der Waals surface area (Å²) in [5.74, 6) is -9.24. The zero-order chi connectivity index (χ0) is 33.9. The first kappa shape index (κ1) is 33.0. The molecule has 6 atom stereocenters. The number of aliphatic hydroxyl groups is 1. The fourth-order valence-electron chi connectivity index (χ4n) is 9.16. The largest absolute Gasteiger partial charge is 0.507 e. The molecule has 250 valence electrons. The van der Waals surface area contributed by atoms with Crippen LogP contribution in [0.3, 0.4) is 0 Å². The van der Waals surface area contributed by atoms with E-state index in [9.17, 15) is 34.2 Å². The number of carbonyl (C=O) groups is 5. The molecule has 1 amide bonds. The normalized spacial score (nSPS) is 32.1. The lowest BCUT2D eigenvalue weighted by Gasteiger charge is -2.52. The summed E-state index contributed by atoms with van der Waals surface area (Å²) in [5.41, 5.74) is 6.15. The van der Waals surface area contributed by atoms with Gasteiger partial charge in [0.2, 0.25) is 5.91 Å². The van der Waals surface area contributed by atoms with E-state index in [-0.39, 0.29) is 24.2 Å². The third-order valence-electron chi connectivity index (χ3n) is 11.4. The molecule has 4 aliphatic rings. The Bertz CT molecular complexity index is 1630. The van der Waals surface area contributed by atoms with Crippen LogP contribution in [0.4, 0.5) is 5.69 Å². The minimum absolute atomic E-state index is 0.0332. The molecule has 10 heteroatoms. The van der Waals surface area contributed by atoms with Gasteiger partial charge in [0.25, 0.3) is 0 Å². The van der Waals surface area contributed by atoms with Gasteiger partial charge in [0.15, 0.2) is 34.7 Å². The standard InChI is InChI=1S/C37H45N3O7/c1-39(2)26-18-23(15-21-12-10-20(11-13-21)14-19-8-6-5-7-9-19)31(41)28-24(26)16-22-17-25-30(40(3)4)33(43)29(36(38)46)35(45)37(25,47)34(44)27(22)32(28)42/h5-9,18,20-22,25,27,29-30,41,47H,10-17H2,1-4H3,(H2,38,46)/t20?,21?,22-,25-,27?,29?,30-,37-/m1/s1. The van der Waals surface area contributed by atoms with Crippen molar-refractivity contribution in [1.82, 2.24) is 4.90 Å². The Morgan fingerprint density at radius 3 is 2.13 bits per heavy atom. The van der Waals surface area contributed by atoms with Crippen LogP contribution in [0, 0.1) is 35.5 Å². The number of fused-ring (bicyclic) bond motifs is 3. The van der Waals surface area contributed by atoms with Gasteiger partial charge in [0, 0.05) is 25.7 Å². The highest BCUT2D eigenvalue weighted by atomic mass is 16.3. The number of amides is 1. The van der Waals surface area contributed by atoms with Crippen molar-refractivity contribution in [2.24, 2.45) is 41.2 Å². The summed E-state index contributed by atoms with van der Waals surface area (Å²) in [6.07, 6.45) is 6.09. The van der Waals surface area contributed by atoms with E-state index in [0.717, 1.165) is 37.8 Å². The quantitative estimate of drug-likeness (QED) is 0.386. The molecule has 2 aromatic carbocycles. The predicted molar refractivity (Wildman–Crippen MR) is 175 cm³/mol. The highest BCUT2D eigenvalue weighted by Gasteiger charge is 2.69. The Labute approximate surface area is 275 Å². The number of phenols is 1. The smallest absolute Gasteiger partial charge is 0.235 e. The Hall–Kier alpha value is -3.89. The number of Topliss-reactive ketones (excluding diaryl/α,β-unsaturated/α-hetero) is 4. The number of anilines is 1. The van der Waals surface area contributed by atoms with Gasteiger partial charge in [-0.2, -0.15) is 0 Å². The van der Waals surface area contributed by atoms with Gasteiger partial charge in [0.05, 0.1) is 17.5 Å². The van der Waals surface area contributed by atoms with Crippen LogP contribution in [-0.4, -0.2) is 84.0 Å². The highest BCUT2D eigenvalue weighted by Crippen LogP contribution is 2.52. The number of hydrogen-bond donors (Lipinski definition) is 3. The van der Waals surface area contributed by atoms with E-state index in [1.807, 2.05) is 31.1 Å². The Kier molecular flexibility index (Phi) is 8.63. The van der Waals surface area contributed by atoms with Crippen LogP contribution in [0.2, 0.25) is 0 Å². The maximum absolute atomic E-state index is 14.3. The Morgan fingerprint density at radius 2 is 1.55 bits per heavy atom. The first-order chi connectivity index (χ1) is 22.2. The number of hydrogen-bond acceptors (Lipinski definition) is 9. The summed E-state index contributed by atoms with van der Waals surface area (Å²) in [6.45, 7) is 0. The van der Waals surface area contributed by atoms with Crippen molar-refractivity contribution in [2.75, 3.05) is 33.1 Å². The molecule has 0 heterocycles. The zero-order valence-electron chi connectivity index (χ0n) is 27.6. The predicted octanol–water partition coefficient (Wildman–Crippen LogP) is 2.52. The molecule has 2 unspecified atom stereocenters. The van der Waals surface area contributed by atoms with Crippen LogP contribution in [-0.2, 0) is 38.4 Å². The molecule has 2 aromatic rings. The van der Waals surface area contributed by atoms with E-state index in [4.69, 9.17) is 5.73 Å². The molecule has 3 saturated carbocycles. The van der Waals surface area contributed by atoms with Crippen molar-refractivity contribution < 1.29 is 34.2 Å². The van der Waals surface area contributed by atoms with Gasteiger partial charge in [-0.1, -0.05) is 30.3 Å². The maximum Gasteiger partial charge on any atom is 0.235 e. The fraction of sp³-hybridized carbons (Fsp3) is 0.541. The SMILES string of the molecule is CN(C)c1cc(CC2CCC(Cc3ccccc3)CC2)c(O)c2c1C[C@@H]1C[C@@H]3[C@@H](N(C)C)C(=O)C(C(N)=O)C(=O)[C@]3(O)C(=O)C1C2=O. The van der Waals surface area contributed by atoms with Crippen molar-refractivity contribution in [1.29, 1.82) is 0 Å². The zero-order valence-corrected chi connectivity index (χ0v) is 27.6. The number of nitrogens with zero attached hydrogens (tertiary/aromatic N) is 2. The minimum atomic E-state index is -2.73. The van der Waals surface area contributed by atoms with Crippen molar-refractivity contribution >= 4 is 34.7 Å². The van der Waals surface area contributed by atoms with Crippen LogP contribution in [0.25, 0.3) is 0 Å². The number of ketones is 4. The summed E-state index contributed by atoms with van der Waals surface area (Å²) in [5, 5.41) is 23.6. The molecule has 6 rings (SSSR count). The van der Waals surface area contributed by atoms with E-state index < -0.39 is 64.4 Å². The van der Waals surface area contributed by atoms with Gasteiger partial charge in [-0.15, -0.1) is 0 Å². The van der Waals surface area contributed by atoms with Gasteiger partial charge in [-0.3, -0.25) is 28.9 Å². The van der Waals surface area contributed by atoms with E-state index >= 15 is 0 Å². The lowest BCUT2D eigenvalue weighted by Crippen LogP contribution is -2.74. The molecule has 0 aromatic heterocycles. The Balaban J connectivity index is 1.31. The van der Waals surface area contributed by atoms with Crippen LogP contribution < -0.4 is 10.6 Å². The first-order valence-electron chi connectivity index (χ1n) is 16.7. The highest BCUT2D eigenvalue weighted by molar-refractivity contribution is 6.32. The molecule has 0 saturated heterocycles. The fourth-order valence-corrected chi connectivity index (χ4v) is 9.16.